The molecule has 0 saturated carbocycles. The summed E-state index contributed by atoms with van der Waals surface area (Å²) in [7, 11) is 1.10. The molecule has 126 valence electrons. The van der Waals surface area contributed by atoms with Gasteiger partial charge in [0.1, 0.15) is 6.10 Å². The Labute approximate surface area is 133 Å². The lowest BCUT2D eigenvalue weighted by molar-refractivity contribution is -0.385. The SMILES string of the molecule is COC(=O)C(=O)C[C@H](OOC(C)(C)C)c1ccc([N+](=O)[O-])cc1. The van der Waals surface area contributed by atoms with Crippen LogP contribution in [0.15, 0.2) is 24.3 Å². The Hall–Kier alpha value is -2.32. The van der Waals surface area contributed by atoms with Crippen LogP contribution in [0.25, 0.3) is 0 Å². The fourth-order valence-corrected chi connectivity index (χ4v) is 1.59. The van der Waals surface area contributed by atoms with Gasteiger partial charge in [0.2, 0.25) is 5.78 Å². The van der Waals surface area contributed by atoms with E-state index in [0.717, 1.165) is 7.11 Å². The van der Waals surface area contributed by atoms with Crippen LogP contribution in [-0.2, 0) is 24.1 Å². The van der Waals surface area contributed by atoms with E-state index in [2.05, 4.69) is 4.74 Å². The molecule has 0 spiro atoms. The number of nitrogens with zero attached hydrogens (tertiary/aromatic N) is 1. The summed E-state index contributed by atoms with van der Waals surface area (Å²) in [5.74, 6) is -1.77. The first-order valence-electron chi connectivity index (χ1n) is 6.84. The number of nitro benzene ring substituents is 1. The highest BCUT2D eigenvalue weighted by molar-refractivity contribution is 6.33. The second-order valence-corrected chi connectivity index (χ2v) is 5.75. The standard InChI is InChI=1S/C15H19NO7/c1-15(2,3)23-22-13(9-12(17)14(18)21-4)10-5-7-11(8-6-10)16(19)20/h5-8,13H,9H2,1-4H3/t13-/m0/s1. The van der Waals surface area contributed by atoms with Crippen molar-refractivity contribution in [3.05, 3.63) is 39.9 Å². The van der Waals surface area contributed by atoms with Crippen LogP contribution in [0.4, 0.5) is 5.69 Å². The molecule has 0 N–H and O–H groups in total. The van der Waals surface area contributed by atoms with Gasteiger partial charge >= 0.3 is 5.97 Å². The number of carbonyl (C=O) groups excluding carboxylic acids is 2. The zero-order chi connectivity index (χ0) is 17.6. The molecule has 1 atom stereocenters. The predicted molar refractivity (Wildman–Crippen MR) is 79.4 cm³/mol. The van der Waals surface area contributed by atoms with Gasteiger partial charge in [-0.15, -0.1) is 0 Å². The number of nitro groups is 1. The average molecular weight is 325 g/mol. The molecule has 0 aromatic heterocycles. The third-order valence-electron chi connectivity index (χ3n) is 2.67. The van der Waals surface area contributed by atoms with Gasteiger partial charge in [-0.2, -0.15) is 0 Å². The number of ketones is 1. The van der Waals surface area contributed by atoms with Crippen molar-refractivity contribution in [3.8, 4) is 0 Å². The lowest BCUT2D eigenvalue weighted by atomic mass is 10.0. The van der Waals surface area contributed by atoms with Crippen molar-refractivity contribution in [2.75, 3.05) is 7.11 Å². The number of benzene rings is 1. The lowest BCUT2D eigenvalue weighted by Gasteiger charge is -2.23. The summed E-state index contributed by atoms with van der Waals surface area (Å²) in [5, 5.41) is 10.7. The topological polar surface area (TPSA) is 105 Å². The van der Waals surface area contributed by atoms with Crippen LogP contribution >= 0.6 is 0 Å². The van der Waals surface area contributed by atoms with Gasteiger partial charge in [0.25, 0.3) is 5.69 Å². The zero-order valence-electron chi connectivity index (χ0n) is 13.4. The van der Waals surface area contributed by atoms with E-state index in [1.807, 2.05) is 0 Å². The fraction of sp³-hybridized carbons (Fsp3) is 0.467. The molecule has 0 aliphatic heterocycles. The number of hydrogen-bond donors (Lipinski definition) is 0. The van der Waals surface area contributed by atoms with Crippen molar-refractivity contribution < 1.29 is 29.0 Å². The van der Waals surface area contributed by atoms with E-state index >= 15 is 0 Å². The maximum Gasteiger partial charge on any atom is 0.374 e. The summed E-state index contributed by atoms with van der Waals surface area (Å²) in [5.41, 5.74) is -0.256. The number of ether oxygens (including phenoxy) is 1. The van der Waals surface area contributed by atoms with E-state index in [0.29, 0.717) is 5.56 Å². The molecule has 0 aliphatic carbocycles. The second-order valence-electron chi connectivity index (χ2n) is 5.75. The second kappa shape index (κ2) is 7.80. The quantitative estimate of drug-likeness (QED) is 0.249. The smallest absolute Gasteiger partial charge is 0.374 e. The number of Topliss-reactive ketones (excluding diaryl/α,β-unsaturated/α-hetero) is 1. The van der Waals surface area contributed by atoms with E-state index < -0.39 is 28.4 Å². The molecule has 0 fully saturated rings. The number of non-ortho nitro benzene ring substituents is 1. The summed E-state index contributed by atoms with van der Waals surface area (Å²) in [6.45, 7) is 5.26. The van der Waals surface area contributed by atoms with Crippen LogP contribution in [0.5, 0.6) is 0 Å². The maximum atomic E-state index is 11.7. The number of esters is 1. The van der Waals surface area contributed by atoms with E-state index in [1.165, 1.54) is 24.3 Å². The molecule has 1 rings (SSSR count). The molecule has 0 radical (unpaired) electrons. The molecule has 8 heteroatoms. The van der Waals surface area contributed by atoms with Crippen LogP contribution in [0.1, 0.15) is 38.9 Å². The Morgan fingerprint density at radius 3 is 2.22 bits per heavy atom. The van der Waals surface area contributed by atoms with E-state index in [1.54, 1.807) is 20.8 Å². The third kappa shape index (κ3) is 6.13. The molecule has 0 heterocycles. The monoisotopic (exact) mass is 325 g/mol. The molecule has 0 aliphatic rings. The molecule has 0 saturated heterocycles. The van der Waals surface area contributed by atoms with Gasteiger partial charge in [-0.1, -0.05) is 0 Å². The van der Waals surface area contributed by atoms with Crippen molar-refractivity contribution >= 4 is 17.4 Å². The molecular formula is C15H19NO7. The van der Waals surface area contributed by atoms with Crippen molar-refractivity contribution in [2.24, 2.45) is 0 Å². The Morgan fingerprint density at radius 1 is 1.22 bits per heavy atom. The highest BCUT2D eigenvalue weighted by atomic mass is 17.2. The van der Waals surface area contributed by atoms with Crippen LogP contribution in [0, 0.1) is 10.1 Å². The molecule has 0 amide bonds. The number of rotatable bonds is 7. The Morgan fingerprint density at radius 2 is 1.78 bits per heavy atom. The molecule has 0 unspecified atom stereocenters. The highest BCUT2D eigenvalue weighted by Gasteiger charge is 2.25. The highest BCUT2D eigenvalue weighted by Crippen LogP contribution is 2.26. The normalized spacial score (nSPS) is 12.5. The summed E-state index contributed by atoms with van der Waals surface area (Å²) in [4.78, 5) is 43.6. The van der Waals surface area contributed by atoms with Crippen molar-refractivity contribution in [3.63, 3.8) is 0 Å². The minimum atomic E-state index is -0.990. The van der Waals surface area contributed by atoms with Crippen molar-refractivity contribution in [1.29, 1.82) is 0 Å². The van der Waals surface area contributed by atoms with Crippen LogP contribution in [-0.4, -0.2) is 29.4 Å². The third-order valence-corrected chi connectivity index (χ3v) is 2.67. The predicted octanol–water partition coefficient (Wildman–Crippen LogP) is 2.51. The fourth-order valence-electron chi connectivity index (χ4n) is 1.59. The first-order chi connectivity index (χ1) is 10.6. The summed E-state index contributed by atoms with van der Waals surface area (Å²) < 4.78 is 4.37. The zero-order valence-corrected chi connectivity index (χ0v) is 13.4. The molecular weight excluding hydrogens is 306 g/mol. The van der Waals surface area contributed by atoms with Gasteiger partial charge in [0.15, 0.2) is 0 Å². The minimum Gasteiger partial charge on any atom is -0.463 e. The molecule has 1 aromatic carbocycles. The molecule has 23 heavy (non-hydrogen) atoms. The Bertz CT molecular complexity index is 574. The van der Waals surface area contributed by atoms with Crippen LogP contribution in [0.3, 0.4) is 0 Å². The summed E-state index contributed by atoms with van der Waals surface area (Å²) in [6.07, 6.45) is -1.19. The van der Waals surface area contributed by atoms with Gasteiger partial charge in [0.05, 0.1) is 24.1 Å². The minimum absolute atomic E-state index is 0.0939. The molecule has 1 aromatic rings. The van der Waals surface area contributed by atoms with E-state index in [9.17, 15) is 19.7 Å². The van der Waals surface area contributed by atoms with Gasteiger partial charge in [0, 0.05) is 12.1 Å². The van der Waals surface area contributed by atoms with Gasteiger partial charge in [-0.3, -0.25) is 14.9 Å². The van der Waals surface area contributed by atoms with E-state index in [4.69, 9.17) is 9.78 Å². The van der Waals surface area contributed by atoms with Gasteiger partial charge in [-0.25, -0.2) is 14.6 Å². The lowest BCUT2D eigenvalue weighted by Crippen LogP contribution is -2.24. The average Bonchev–Trinajstić information content (AvgIpc) is 2.49. The number of methoxy groups -OCH3 is 1. The number of carbonyl (C=O) groups is 2. The molecule has 8 nitrogen and oxygen atoms in total. The van der Waals surface area contributed by atoms with Crippen molar-refractivity contribution in [2.45, 2.75) is 38.9 Å². The molecule has 0 bridgehead atoms. The maximum absolute atomic E-state index is 11.7. The van der Waals surface area contributed by atoms with E-state index in [-0.39, 0.29) is 12.1 Å². The Balaban J connectivity index is 2.95. The van der Waals surface area contributed by atoms with Gasteiger partial charge < -0.3 is 4.74 Å². The first kappa shape index (κ1) is 18.7. The Kier molecular flexibility index (Phi) is 6.35. The summed E-state index contributed by atoms with van der Waals surface area (Å²) in [6, 6.07) is 5.45. The first-order valence-corrected chi connectivity index (χ1v) is 6.84. The number of hydrogen-bond acceptors (Lipinski definition) is 7. The largest absolute Gasteiger partial charge is 0.463 e. The van der Waals surface area contributed by atoms with Crippen LogP contribution < -0.4 is 0 Å². The van der Waals surface area contributed by atoms with Gasteiger partial charge in [-0.05, 0) is 38.5 Å². The summed E-state index contributed by atoms with van der Waals surface area (Å²) >= 11 is 0. The van der Waals surface area contributed by atoms with Crippen LogP contribution in [0.2, 0.25) is 0 Å². The van der Waals surface area contributed by atoms with Crippen molar-refractivity contribution in [1.82, 2.24) is 0 Å².